The molecule has 0 aromatic carbocycles. The molecule has 6 fully saturated rings. The predicted molar refractivity (Wildman–Crippen MR) is 118 cm³/mol. The van der Waals surface area contributed by atoms with Gasteiger partial charge in [-0.2, -0.15) is 0 Å². The molecule has 2 aliphatic heterocycles. The van der Waals surface area contributed by atoms with Crippen LogP contribution in [0.3, 0.4) is 0 Å². The summed E-state index contributed by atoms with van der Waals surface area (Å²) in [5.74, 6) is 3.69. The molecule has 0 unspecified atom stereocenters. The fourth-order valence-corrected chi connectivity index (χ4v) is 8.93. The maximum absolute atomic E-state index is 14.0. The van der Waals surface area contributed by atoms with E-state index in [1.54, 1.807) is 11.3 Å². The molecule has 4 bridgehead atoms. The second-order valence-electron chi connectivity index (χ2n) is 11.1. The van der Waals surface area contributed by atoms with E-state index in [1.807, 2.05) is 11.4 Å². The van der Waals surface area contributed by atoms with Gasteiger partial charge in [-0.1, -0.05) is 6.07 Å². The zero-order valence-electron chi connectivity index (χ0n) is 17.9. The van der Waals surface area contributed by atoms with Gasteiger partial charge in [0.05, 0.1) is 11.8 Å². The van der Waals surface area contributed by atoms with Gasteiger partial charge < -0.3 is 9.80 Å². The van der Waals surface area contributed by atoms with Gasteiger partial charge in [0.15, 0.2) is 0 Å². The topological polar surface area (TPSA) is 40.6 Å². The van der Waals surface area contributed by atoms with Crippen LogP contribution in [0.4, 0.5) is 0 Å². The summed E-state index contributed by atoms with van der Waals surface area (Å²) < 4.78 is 0. The van der Waals surface area contributed by atoms with Crippen LogP contribution in [0.15, 0.2) is 17.5 Å². The molecule has 5 heteroatoms. The first-order chi connectivity index (χ1) is 14.6. The molecule has 3 heterocycles. The molecule has 0 N–H and O–H groups in total. The summed E-state index contributed by atoms with van der Waals surface area (Å²) in [5, 5.41) is 2.05. The zero-order chi connectivity index (χ0) is 20.3. The molecule has 1 aromatic rings. The van der Waals surface area contributed by atoms with Crippen molar-refractivity contribution in [2.45, 2.75) is 70.3 Å². The van der Waals surface area contributed by atoms with Gasteiger partial charge in [-0.15, -0.1) is 11.3 Å². The Morgan fingerprint density at radius 1 is 1.03 bits per heavy atom. The maximum atomic E-state index is 14.0. The number of nitrogens with zero attached hydrogens (tertiary/aromatic N) is 2. The zero-order valence-corrected chi connectivity index (χ0v) is 18.7. The van der Waals surface area contributed by atoms with Gasteiger partial charge in [-0.05, 0) is 92.9 Å². The lowest BCUT2D eigenvalue weighted by Gasteiger charge is -2.58. The molecule has 4 saturated carbocycles. The molecule has 2 atom stereocenters. The van der Waals surface area contributed by atoms with Gasteiger partial charge in [-0.25, -0.2) is 0 Å². The van der Waals surface area contributed by atoms with Crippen LogP contribution >= 0.6 is 11.3 Å². The summed E-state index contributed by atoms with van der Waals surface area (Å²) in [6.07, 6.45) is 11.4. The van der Waals surface area contributed by atoms with E-state index < -0.39 is 0 Å². The number of piperidine rings is 2. The van der Waals surface area contributed by atoms with Gasteiger partial charge in [-0.3, -0.25) is 9.59 Å². The third kappa shape index (κ3) is 3.23. The highest BCUT2D eigenvalue weighted by Gasteiger charge is 2.56. The van der Waals surface area contributed by atoms with E-state index in [4.69, 9.17) is 0 Å². The highest BCUT2D eigenvalue weighted by molar-refractivity contribution is 7.10. The molecular formula is C25H34N2O2S. The first kappa shape index (κ1) is 19.3. The van der Waals surface area contributed by atoms with Crippen molar-refractivity contribution in [3.05, 3.63) is 22.4 Å². The molecule has 1 aromatic heterocycles. The third-order valence-corrected chi connectivity index (χ3v) is 9.96. The number of fused-ring (bicyclic) bond motifs is 1. The van der Waals surface area contributed by atoms with Crippen LogP contribution in [0.2, 0.25) is 0 Å². The highest BCUT2D eigenvalue weighted by Crippen LogP contribution is 2.61. The quantitative estimate of drug-likeness (QED) is 0.721. The number of hydrogen-bond donors (Lipinski definition) is 0. The van der Waals surface area contributed by atoms with Crippen molar-refractivity contribution in [1.82, 2.24) is 9.80 Å². The molecule has 6 aliphatic rings. The molecule has 7 rings (SSSR count). The van der Waals surface area contributed by atoms with Crippen molar-refractivity contribution >= 4 is 23.2 Å². The number of likely N-dealkylation sites (tertiary alicyclic amines) is 2. The van der Waals surface area contributed by atoms with Crippen LogP contribution in [-0.2, 0) is 16.0 Å². The number of carbonyl (C=O) groups is 2. The van der Waals surface area contributed by atoms with E-state index in [-0.39, 0.29) is 11.3 Å². The Bertz CT molecular complexity index is 784. The van der Waals surface area contributed by atoms with Gasteiger partial charge in [0, 0.05) is 30.6 Å². The molecule has 2 saturated heterocycles. The predicted octanol–water partition coefficient (Wildman–Crippen LogP) is 4.35. The van der Waals surface area contributed by atoms with Gasteiger partial charge >= 0.3 is 0 Å². The Morgan fingerprint density at radius 3 is 2.43 bits per heavy atom. The molecule has 0 radical (unpaired) electrons. The van der Waals surface area contributed by atoms with Crippen LogP contribution < -0.4 is 0 Å². The minimum Gasteiger partial charge on any atom is -0.342 e. The standard InChI is InChI=1S/C25H34N2O2S/c28-23(12-21-4-2-8-30-21)26-7-5-22-20(16-26)3-1-6-27(22)24(29)25-13-17-9-18(14-25)11-19(10-17)15-25/h2,4,8,17-20,22H,1,3,5-7,9-16H2/t17?,18?,19?,20-,22+,25?/m1/s1. The third-order valence-electron chi connectivity index (χ3n) is 9.08. The number of rotatable bonds is 3. The second kappa shape index (κ2) is 7.36. The lowest BCUT2D eigenvalue weighted by Crippen LogP contribution is -2.61. The highest BCUT2D eigenvalue weighted by atomic mass is 32.1. The molecule has 0 spiro atoms. The van der Waals surface area contributed by atoms with Gasteiger partial charge in [0.1, 0.15) is 0 Å². The van der Waals surface area contributed by atoms with Crippen LogP contribution in [-0.4, -0.2) is 47.3 Å². The summed E-state index contributed by atoms with van der Waals surface area (Å²) in [6.45, 7) is 2.61. The van der Waals surface area contributed by atoms with E-state index in [2.05, 4.69) is 15.9 Å². The Labute approximate surface area is 184 Å². The van der Waals surface area contributed by atoms with Crippen LogP contribution in [0.1, 0.15) is 62.7 Å². The summed E-state index contributed by atoms with van der Waals surface area (Å²) in [7, 11) is 0. The number of hydrogen-bond acceptors (Lipinski definition) is 3. The summed E-state index contributed by atoms with van der Waals surface area (Å²) >= 11 is 1.67. The van der Waals surface area contributed by atoms with E-state index >= 15 is 0 Å². The summed E-state index contributed by atoms with van der Waals surface area (Å²) in [4.78, 5) is 32.4. The Kier molecular flexibility index (Phi) is 4.74. The molecule has 4 aliphatic carbocycles. The maximum Gasteiger partial charge on any atom is 0.229 e. The lowest BCUT2D eigenvalue weighted by atomic mass is 9.49. The normalized spacial score (nSPS) is 39.8. The average molecular weight is 427 g/mol. The smallest absolute Gasteiger partial charge is 0.229 e. The van der Waals surface area contributed by atoms with Crippen molar-refractivity contribution in [3.63, 3.8) is 0 Å². The van der Waals surface area contributed by atoms with Crippen molar-refractivity contribution in [2.24, 2.45) is 29.1 Å². The van der Waals surface area contributed by atoms with Crippen molar-refractivity contribution < 1.29 is 9.59 Å². The van der Waals surface area contributed by atoms with Crippen molar-refractivity contribution in [2.75, 3.05) is 19.6 Å². The Hall–Kier alpha value is -1.36. The van der Waals surface area contributed by atoms with Crippen LogP contribution in [0.5, 0.6) is 0 Å². The first-order valence-electron chi connectivity index (χ1n) is 12.2. The average Bonchev–Trinajstić information content (AvgIpc) is 3.24. The van der Waals surface area contributed by atoms with Gasteiger partial charge in [0.2, 0.25) is 11.8 Å². The summed E-state index contributed by atoms with van der Waals surface area (Å²) in [5.41, 5.74) is -0.0250. The number of carbonyl (C=O) groups excluding carboxylic acids is 2. The molecule has 2 amide bonds. The monoisotopic (exact) mass is 426 g/mol. The number of amides is 2. The van der Waals surface area contributed by atoms with Crippen LogP contribution in [0, 0.1) is 29.1 Å². The molecule has 30 heavy (non-hydrogen) atoms. The molecule has 162 valence electrons. The lowest BCUT2D eigenvalue weighted by molar-refractivity contribution is -0.165. The summed E-state index contributed by atoms with van der Waals surface area (Å²) in [6, 6.07) is 4.45. The fraction of sp³-hybridized carbons (Fsp3) is 0.760. The fourth-order valence-electron chi connectivity index (χ4n) is 8.23. The molecular weight excluding hydrogens is 392 g/mol. The van der Waals surface area contributed by atoms with E-state index in [0.29, 0.717) is 24.3 Å². The van der Waals surface area contributed by atoms with Gasteiger partial charge in [0.25, 0.3) is 0 Å². The minimum absolute atomic E-state index is 0.0250. The first-order valence-corrected chi connectivity index (χ1v) is 13.1. The van der Waals surface area contributed by atoms with Crippen molar-refractivity contribution in [1.29, 1.82) is 0 Å². The second-order valence-corrected chi connectivity index (χ2v) is 12.1. The Balaban J connectivity index is 1.15. The molecule has 4 nitrogen and oxygen atoms in total. The largest absolute Gasteiger partial charge is 0.342 e. The van der Waals surface area contributed by atoms with E-state index in [9.17, 15) is 9.59 Å². The Morgan fingerprint density at radius 2 is 1.77 bits per heavy atom. The minimum atomic E-state index is -0.0250. The van der Waals surface area contributed by atoms with Crippen molar-refractivity contribution in [3.8, 4) is 0 Å². The SMILES string of the molecule is O=C(Cc1cccs1)N1CC[C@H]2[C@H](CCCN2C(=O)C23CC4CC(CC(C4)C2)C3)C1. The van der Waals surface area contributed by atoms with E-state index in [1.165, 1.54) is 19.3 Å². The van der Waals surface area contributed by atoms with E-state index in [0.717, 1.165) is 80.8 Å². The van der Waals surface area contributed by atoms with Crippen LogP contribution in [0.25, 0.3) is 0 Å². The number of thiophene rings is 1.